The molecule has 0 radical (unpaired) electrons. The Labute approximate surface area is 67.2 Å². The van der Waals surface area contributed by atoms with Crippen molar-refractivity contribution in [2.45, 2.75) is 32.8 Å². The Bertz CT molecular complexity index is 222. The van der Waals surface area contributed by atoms with Crippen molar-refractivity contribution in [1.82, 2.24) is 0 Å². The van der Waals surface area contributed by atoms with E-state index in [1.807, 2.05) is 13.8 Å². The number of hydrogen-bond donors (Lipinski definition) is 1. The minimum absolute atomic E-state index is 0.0337. The van der Waals surface area contributed by atoms with Crippen LogP contribution in [0.15, 0.2) is 11.6 Å². The lowest BCUT2D eigenvalue weighted by Gasteiger charge is -2.29. The van der Waals surface area contributed by atoms with Gasteiger partial charge < -0.3 is 5.11 Å². The van der Waals surface area contributed by atoms with Gasteiger partial charge in [-0.3, -0.25) is 0 Å². The van der Waals surface area contributed by atoms with Crippen molar-refractivity contribution in [2.75, 3.05) is 0 Å². The summed E-state index contributed by atoms with van der Waals surface area (Å²) in [7, 11) is 0. The standard InChI is InChI=1S/C9H13NO/c1-9(2)4-3-8(11)5-7(9)6-10/h5,8,11H,3-4H2,1-2H3. The van der Waals surface area contributed by atoms with E-state index in [1.54, 1.807) is 6.08 Å². The fourth-order valence-electron chi connectivity index (χ4n) is 1.33. The third-order valence-corrected chi connectivity index (χ3v) is 2.27. The predicted molar refractivity (Wildman–Crippen MR) is 42.7 cm³/mol. The molecule has 0 aromatic rings. The Balaban J connectivity index is 2.91. The second-order valence-electron chi connectivity index (χ2n) is 3.68. The Morgan fingerprint density at radius 2 is 2.36 bits per heavy atom. The number of nitriles is 1. The van der Waals surface area contributed by atoms with E-state index in [-0.39, 0.29) is 5.41 Å². The molecule has 0 aromatic carbocycles. The summed E-state index contributed by atoms with van der Waals surface area (Å²) in [5.74, 6) is 0. The van der Waals surface area contributed by atoms with Gasteiger partial charge in [0.1, 0.15) is 0 Å². The van der Waals surface area contributed by atoms with E-state index in [0.29, 0.717) is 0 Å². The smallest absolute Gasteiger partial charge is 0.0950 e. The van der Waals surface area contributed by atoms with Crippen LogP contribution < -0.4 is 0 Å². The third-order valence-electron chi connectivity index (χ3n) is 2.27. The first-order valence-electron chi connectivity index (χ1n) is 3.87. The van der Waals surface area contributed by atoms with Crippen LogP contribution in [0.2, 0.25) is 0 Å². The van der Waals surface area contributed by atoms with Gasteiger partial charge in [0.05, 0.1) is 12.2 Å². The van der Waals surface area contributed by atoms with Crippen LogP contribution in [0.25, 0.3) is 0 Å². The highest BCUT2D eigenvalue weighted by molar-refractivity contribution is 5.30. The first-order valence-corrected chi connectivity index (χ1v) is 3.87. The molecule has 0 saturated heterocycles. The van der Waals surface area contributed by atoms with Gasteiger partial charge in [-0.25, -0.2) is 0 Å². The maximum Gasteiger partial charge on any atom is 0.0950 e. The number of aliphatic hydroxyl groups excluding tert-OH is 1. The molecular weight excluding hydrogens is 138 g/mol. The van der Waals surface area contributed by atoms with Gasteiger partial charge in [-0.1, -0.05) is 13.8 Å². The Hall–Kier alpha value is -0.810. The van der Waals surface area contributed by atoms with Crippen LogP contribution in [-0.2, 0) is 0 Å². The molecule has 0 aromatic heterocycles. The van der Waals surface area contributed by atoms with Crippen molar-refractivity contribution in [3.05, 3.63) is 11.6 Å². The molecule has 1 aliphatic carbocycles. The van der Waals surface area contributed by atoms with Crippen molar-refractivity contribution in [1.29, 1.82) is 5.26 Å². The van der Waals surface area contributed by atoms with Crippen LogP contribution in [-0.4, -0.2) is 11.2 Å². The lowest BCUT2D eigenvalue weighted by atomic mass is 9.75. The van der Waals surface area contributed by atoms with Crippen LogP contribution in [0.4, 0.5) is 0 Å². The second-order valence-corrected chi connectivity index (χ2v) is 3.68. The van der Waals surface area contributed by atoms with Crippen LogP contribution in [0.5, 0.6) is 0 Å². The van der Waals surface area contributed by atoms with Gasteiger partial charge >= 0.3 is 0 Å². The summed E-state index contributed by atoms with van der Waals surface area (Å²) >= 11 is 0. The molecule has 0 heterocycles. The van der Waals surface area contributed by atoms with Gasteiger partial charge in [-0.2, -0.15) is 5.26 Å². The van der Waals surface area contributed by atoms with Gasteiger partial charge in [0, 0.05) is 5.57 Å². The summed E-state index contributed by atoms with van der Waals surface area (Å²) in [4.78, 5) is 0. The summed E-state index contributed by atoms with van der Waals surface area (Å²) in [6, 6.07) is 2.13. The molecule has 2 heteroatoms. The summed E-state index contributed by atoms with van der Waals surface area (Å²) < 4.78 is 0. The van der Waals surface area contributed by atoms with Crippen LogP contribution in [0.3, 0.4) is 0 Å². The topological polar surface area (TPSA) is 44.0 Å². The molecule has 1 N–H and O–H groups in total. The molecule has 0 amide bonds. The van der Waals surface area contributed by atoms with E-state index >= 15 is 0 Å². The van der Waals surface area contributed by atoms with E-state index in [2.05, 4.69) is 6.07 Å². The van der Waals surface area contributed by atoms with E-state index in [1.165, 1.54) is 0 Å². The molecule has 0 spiro atoms. The van der Waals surface area contributed by atoms with Gasteiger partial charge in [0.15, 0.2) is 0 Å². The molecule has 1 unspecified atom stereocenters. The van der Waals surface area contributed by atoms with Crippen LogP contribution in [0, 0.1) is 16.7 Å². The molecule has 1 atom stereocenters. The highest BCUT2D eigenvalue weighted by Crippen LogP contribution is 2.35. The lowest BCUT2D eigenvalue weighted by molar-refractivity contribution is 0.176. The van der Waals surface area contributed by atoms with Crippen LogP contribution >= 0.6 is 0 Å². The van der Waals surface area contributed by atoms with Crippen LogP contribution in [0.1, 0.15) is 26.7 Å². The minimum atomic E-state index is -0.405. The average Bonchev–Trinajstić information content (AvgIpc) is 1.94. The zero-order valence-corrected chi connectivity index (χ0v) is 6.96. The van der Waals surface area contributed by atoms with Gasteiger partial charge in [0.25, 0.3) is 0 Å². The molecule has 2 nitrogen and oxygen atoms in total. The monoisotopic (exact) mass is 151 g/mol. The van der Waals surface area contributed by atoms with Crippen molar-refractivity contribution in [3.8, 4) is 6.07 Å². The molecule has 0 fully saturated rings. The maximum atomic E-state index is 9.22. The molecule has 11 heavy (non-hydrogen) atoms. The Morgan fingerprint density at radius 3 is 2.82 bits per heavy atom. The zero-order valence-electron chi connectivity index (χ0n) is 6.96. The van der Waals surface area contributed by atoms with Crippen molar-refractivity contribution >= 4 is 0 Å². The molecule has 60 valence electrons. The van der Waals surface area contributed by atoms with Gasteiger partial charge in [-0.05, 0) is 24.3 Å². The molecule has 0 saturated carbocycles. The summed E-state index contributed by atoms with van der Waals surface area (Å²) in [6.07, 6.45) is 2.94. The lowest BCUT2D eigenvalue weighted by Crippen LogP contribution is -2.23. The van der Waals surface area contributed by atoms with Crippen molar-refractivity contribution in [2.24, 2.45) is 5.41 Å². The SMILES string of the molecule is CC1(C)CCC(O)C=C1C#N. The zero-order chi connectivity index (χ0) is 8.48. The molecular formula is C9H13NO. The number of rotatable bonds is 0. The highest BCUT2D eigenvalue weighted by atomic mass is 16.3. The second kappa shape index (κ2) is 2.67. The molecule has 1 rings (SSSR count). The fourth-order valence-corrected chi connectivity index (χ4v) is 1.33. The molecule has 0 bridgehead atoms. The largest absolute Gasteiger partial charge is 0.389 e. The Kier molecular flexibility index (Phi) is 2.01. The fraction of sp³-hybridized carbons (Fsp3) is 0.667. The predicted octanol–water partition coefficient (Wildman–Crippen LogP) is 1.62. The number of nitrogens with zero attached hydrogens (tertiary/aromatic N) is 1. The highest BCUT2D eigenvalue weighted by Gasteiger charge is 2.28. The van der Waals surface area contributed by atoms with Gasteiger partial charge in [0.2, 0.25) is 0 Å². The average molecular weight is 151 g/mol. The van der Waals surface area contributed by atoms with Gasteiger partial charge in [-0.15, -0.1) is 0 Å². The quantitative estimate of drug-likeness (QED) is 0.571. The van der Waals surface area contributed by atoms with E-state index < -0.39 is 6.10 Å². The first-order chi connectivity index (χ1) is 5.06. The minimum Gasteiger partial charge on any atom is -0.389 e. The van der Waals surface area contributed by atoms with Crippen molar-refractivity contribution in [3.63, 3.8) is 0 Å². The summed E-state index contributed by atoms with van der Waals surface area (Å²) in [6.45, 7) is 4.07. The maximum absolute atomic E-state index is 9.22. The van der Waals surface area contributed by atoms with E-state index in [0.717, 1.165) is 18.4 Å². The molecule has 0 aliphatic heterocycles. The number of allylic oxidation sites excluding steroid dienone is 1. The molecule has 1 aliphatic rings. The summed E-state index contributed by atoms with van der Waals surface area (Å²) in [5.41, 5.74) is 0.685. The number of hydrogen-bond acceptors (Lipinski definition) is 2. The third kappa shape index (κ3) is 1.61. The van der Waals surface area contributed by atoms with E-state index in [9.17, 15) is 5.11 Å². The Morgan fingerprint density at radius 1 is 1.73 bits per heavy atom. The number of aliphatic hydroxyl groups is 1. The summed E-state index contributed by atoms with van der Waals surface area (Å²) in [5, 5.41) is 17.9. The van der Waals surface area contributed by atoms with Crippen molar-refractivity contribution < 1.29 is 5.11 Å². The normalized spacial score (nSPS) is 28.9. The van der Waals surface area contributed by atoms with E-state index in [4.69, 9.17) is 5.26 Å². The first kappa shape index (κ1) is 8.29.